The highest BCUT2D eigenvalue weighted by atomic mass is 32.2. The minimum absolute atomic E-state index is 0.205. The molecule has 2 aromatic carbocycles. The smallest absolute Gasteiger partial charge is 0.137 e. The summed E-state index contributed by atoms with van der Waals surface area (Å²) in [4.78, 5) is 1.71. The monoisotopic (exact) mass is 261 g/mol. The van der Waals surface area contributed by atoms with Crippen LogP contribution in [0.25, 0.3) is 0 Å². The van der Waals surface area contributed by atoms with Crippen LogP contribution in [-0.2, 0) is 6.54 Å². The molecule has 0 aliphatic rings. The van der Waals surface area contributed by atoms with Crippen molar-refractivity contribution in [2.75, 3.05) is 0 Å². The second-order valence-electron chi connectivity index (χ2n) is 4.30. The Hall–Kier alpha value is -1.32. The fraction of sp³-hybridized carbons (Fsp3) is 0.200. The van der Waals surface area contributed by atoms with Crippen molar-refractivity contribution in [3.05, 3.63) is 58.9 Å². The molecule has 3 heteroatoms. The predicted molar refractivity (Wildman–Crippen MR) is 74.3 cm³/mol. The van der Waals surface area contributed by atoms with Gasteiger partial charge in [-0.05, 0) is 42.7 Å². The molecule has 0 heterocycles. The molecule has 0 amide bonds. The van der Waals surface area contributed by atoms with Crippen molar-refractivity contribution >= 4 is 11.8 Å². The molecule has 2 N–H and O–H groups in total. The fourth-order valence-electron chi connectivity index (χ4n) is 1.76. The van der Waals surface area contributed by atoms with E-state index in [1.165, 1.54) is 23.4 Å². The number of rotatable bonds is 3. The first-order valence-corrected chi connectivity index (χ1v) is 6.66. The summed E-state index contributed by atoms with van der Waals surface area (Å²) < 4.78 is 13.9. The largest absolute Gasteiger partial charge is 0.326 e. The number of hydrogen-bond acceptors (Lipinski definition) is 2. The third-order valence-corrected chi connectivity index (χ3v) is 4.15. The van der Waals surface area contributed by atoms with Crippen LogP contribution < -0.4 is 5.73 Å². The summed E-state index contributed by atoms with van der Waals surface area (Å²) in [6.45, 7) is 4.42. The van der Waals surface area contributed by atoms with Gasteiger partial charge < -0.3 is 5.73 Å². The first-order chi connectivity index (χ1) is 8.61. The van der Waals surface area contributed by atoms with Gasteiger partial charge in [0, 0.05) is 11.4 Å². The predicted octanol–water partition coefficient (Wildman–Crippen LogP) is 4.05. The van der Waals surface area contributed by atoms with Crippen molar-refractivity contribution in [3.63, 3.8) is 0 Å². The molecule has 18 heavy (non-hydrogen) atoms. The number of nitrogens with two attached hydrogens (primary N) is 1. The Labute approximate surface area is 111 Å². The molecule has 0 bridgehead atoms. The summed E-state index contributed by atoms with van der Waals surface area (Å²) >= 11 is 1.45. The van der Waals surface area contributed by atoms with Gasteiger partial charge in [-0.1, -0.05) is 36.0 Å². The number of hydrogen-bond donors (Lipinski definition) is 1. The number of halogens is 1. The van der Waals surface area contributed by atoms with Gasteiger partial charge in [-0.15, -0.1) is 0 Å². The van der Waals surface area contributed by atoms with Crippen LogP contribution in [0.2, 0.25) is 0 Å². The minimum Gasteiger partial charge on any atom is -0.326 e. The molecule has 0 saturated heterocycles. The van der Waals surface area contributed by atoms with E-state index in [0.29, 0.717) is 11.4 Å². The Balaban J connectivity index is 2.42. The molecule has 2 aromatic rings. The van der Waals surface area contributed by atoms with Crippen molar-refractivity contribution in [1.29, 1.82) is 0 Å². The van der Waals surface area contributed by atoms with Crippen LogP contribution in [0.1, 0.15) is 16.7 Å². The van der Waals surface area contributed by atoms with E-state index in [-0.39, 0.29) is 5.82 Å². The molecular weight excluding hydrogens is 245 g/mol. The third-order valence-electron chi connectivity index (χ3n) is 2.82. The van der Waals surface area contributed by atoms with Crippen molar-refractivity contribution in [1.82, 2.24) is 0 Å². The summed E-state index contributed by atoms with van der Waals surface area (Å²) in [5.74, 6) is -0.205. The Morgan fingerprint density at radius 3 is 2.67 bits per heavy atom. The Morgan fingerprint density at radius 1 is 1.17 bits per heavy atom. The van der Waals surface area contributed by atoms with Crippen LogP contribution in [0, 0.1) is 19.7 Å². The molecule has 0 radical (unpaired) electrons. The van der Waals surface area contributed by atoms with Crippen molar-refractivity contribution < 1.29 is 4.39 Å². The first-order valence-electron chi connectivity index (χ1n) is 5.84. The van der Waals surface area contributed by atoms with E-state index in [4.69, 9.17) is 5.73 Å². The second-order valence-corrected chi connectivity index (χ2v) is 5.36. The van der Waals surface area contributed by atoms with Gasteiger partial charge in [0.05, 0.1) is 4.90 Å². The van der Waals surface area contributed by atoms with Crippen LogP contribution in [0.5, 0.6) is 0 Å². The van der Waals surface area contributed by atoms with Crippen LogP contribution in [0.15, 0.2) is 46.2 Å². The summed E-state index contributed by atoms with van der Waals surface area (Å²) in [6.07, 6.45) is 0. The maximum absolute atomic E-state index is 13.9. The first kappa shape index (κ1) is 13.1. The molecule has 0 saturated carbocycles. The van der Waals surface area contributed by atoms with E-state index >= 15 is 0 Å². The molecule has 0 fully saturated rings. The molecular formula is C15H16FNS. The zero-order chi connectivity index (χ0) is 13.1. The van der Waals surface area contributed by atoms with E-state index in [9.17, 15) is 4.39 Å². The number of aryl methyl sites for hydroxylation is 2. The lowest BCUT2D eigenvalue weighted by atomic mass is 10.2. The van der Waals surface area contributed by atoms with Crippen molar-refractivity contribution in [2.24, 2.45) is 5.73 Å². The van der Waals surface area contributed by atoms with Crippen molar-refractivity contribution in [3.8, 4) is 0 Å². The lowest BCUT2D eigenvalue weighted by Crippen LogP contribution is -2.00. The minimum atomic E-state index is -0.205. The molecule has 2 rings (SSSR count). The summed E-state index contributed by atoms with van der Waals surface area (Å²) in [7, 11) is 0. The van der Waals surface area contributed by atoms with Crippen LogP contribution in [-0.4, -0.2) is 0 Å². The molecule has 0 unspecified atom stereocenters. The van der Waals surface area contributed by atoms with Gasteiger partial charge in [0.1, 0.15) is 5.82 Å². The Kier molecular flexibility index (Phi) is 4.04. The molecule has 1 nitrogen and oxygen atoms in total. The van der Waals surface area contributed by atoms with Gasteiger partial charge in [-0.3, -0.25) is 0 Å². The average Bonchev–Trinajstić information content (AvgIpc) is 2.36. The number of benzene rings is 2. The maximum atomic E-state index is 13.9. The SMILES string of the molecule is Cc1ccc(C)c(Sc2c(F)cccc2CN)c1. The van der Waals surface area contributed by atoms with Crippen LogP contribution >= 0.6 is 11.8 Å². The quantitative estimate of drug-likeness (QED) is 0.902. The van der Waals surface area contributed by atoms with E-state index in [1.807, 2.05) is 19.9 Å². The van der Waals surface area contributed by atoms with Gasteiger partial charge >= 0.3 is 0 Å². The van der Waals surface area contributed by atoms with E-state index in [2.05, 4.69) is 18.2 Å². The summed E-state index contributed by atoms with van der Waals surface area (Å²) in [5.41, 5.74) is 8.83. The summed E-state index contributed by atoms with van der Waals surface area (Å²) in [5, 5.41) is 0. The summed E-state index contributed by atoms with van der Waals surface area (Å²) in [6, 6.07) is 11.2. The standard InChI is InChI=1S/C15H16FNS/c1-10-6-7-11(2)14(8-10)18-15-12(9-17)4-3-5-13(15)16/h3-8H,9,17H2,1-2H3. The topological polar surface area (TPSA) is 26.0 Å². The molecule has 0 atom stereocenters. The highest BCUT2D eigenvalue weighted by Gasteiger charge is 2.10. The zero-order valence-corrected chi connectivity index (χ0v) is 11.4. The highest BCUT2D eigenvalue weighted by Crippen LogP contribution is 2.34. The van der Waals surface area contributed by atoms with E-state index < -0.39 is 0 Å². The Morgan fingerprint density at radius 2 is 1.94 bits per heavy atom. The lowest BCUT2D eigenvalue weighted by Gasteiger charge is -2.11. The van der Waals surface area contributed by atoms with E-state index in [1.54, 1.807) is 6.07 Å². The van der Waals surface area contributed by atoms with E-state index in [0.717, 1.165) is 16.0 Å². The maximum Gasteiger partial charge on any atom is 0.137 e. The van der Waals surface area contributed by atoms with Gasteiger partial charge in [0.25, 0.3) is 0 Å². The van der Waals surface area contributed by atoms with Gasteiger partial charge in [0.2, 0.25) is 0 Å². The lowest BCUT2D eigenvalue weighted by molar-refractivity contribution is 0.597. The Bertz CT molecular complexity index is 566. The van der Waals surface area contributed by atoms with Crippen LogP contribution in [0.3, 0.4) is 0 Å². The average molecular weight is 261 g/mol. The molecule has 94 valence electrons. The third kappa shape index (κ3) is 2.74. The molecule has 0 aliphatic heterocycles. The second kappa shape index (κ2) is 5.55. The molecule has 0 aromatic heterocycles. The highest BCUT2D eigenvalue weighted by molar-refractivity contribution is 7.99. The zero-order valence-electron chi connectivity index (χ0n) is 10.5. The van der Waals surface area contributed by atoms with Gasteiger partial charge in [-0.25, -0.2) is 4.39 Å². The molecule has 0 spiro atoms. The van der Waals surface area contributed by atoms with Crippen molar-refractivity contribution in [2.45, 2.75) is 30.2 Å². The normalized spacial score (nSPS) is 10.7. The fourth-order valence-corrected chi connectivity index (χ4v) is 2.90. The van der Waals surface area contributed by atoms with Gasteiger partial charge in [0.15, 0.2) is 0 Å². The molecule has 0 aliphatic carbocycles. The van der Waals surface area contributed by atoms with Gasteiger partial charge in [-0.2, -0.15) is 0 Å². The van der Waals surface area contributed by atoms with Crippen LogP contribution in [0.4, 0.5) is 4.39 Å².